The number of hydrogen-bond donors (Lipinski definition) is 0. The summed E-state index contributed by atoms with van der Waals surface area (Å²) in [7, 11) is 1.73. The van der Waals surface area contributed by atoms with E-state index in [-0.39, 0.29) is 11.4 Å². The summed E-state index contributed by atoms with van der Waals surface area (Å²) in [5.74, 6) is 0.912. The first-order valence-corrected chi connectivity index (χ1v) is 10.9. The lowest BCUT2D eigenvalue weighted by atomic mass is 10.1. The van der Waals surface area contributed by atoms with Crippen LogP contribution >= 0.6 is 11.8 Å². The van der Waals surface area contributed by atoms with Gasteiger partial charge in [0.25, 0.3) is 0 Å². The van der Waals surface area contributed by atoms with Crippen LogP contribution < -0.4 is 4.74 Å². The largest absolute Gasteiger partial charge is 0.496 e. The second-order valence-electron chi connectivity index (χ2n) is 7.23. The number of rotatable bonds is 7. The normalized spacial score (nSPS) is 18.3. The molecule has 4 heteroatoms. The zero-order valence-electron chi connectivity index (χ0n) is 16.7. The van der Waals surface area contributed by atoms with Crippen LogP contribution in [0.5, 0.6) is 5.75 Å². The molecule has 3 aromatic rings. The molecule has 1 fully saturated rings. The molecule has 3 aromatic carbocycles. The Bertz CT molecular complexity index is 888. The van der Waals surface area contributed by atoms with Gasteiger partial charge < -0.3 is 9.47 Å². The molecule has 0 bridgehead atoms. The summed E-state index contributed by atoms with van der Waals surface area (Å²) in [6.07, 6.45) is 0.116. The Kier molecular flexibility index (Phi) is 6.88. The minimum atomic E-state index is 0.116. The third kappa shape index (κ3) is 5.21. The summed E-state index contributed by atoms with van der Waals surface area (Å²) in [4.78, 5) is 3.65. The zero-order valence-corrected chi connectivity index (χ0v) is 17.6. The molecule has 0 aromatic heterocycles. The molecule has 2 atom stereocenters. The van der Waals surface area contributed by atoms with Crippen molar-refractivity contribution >= 4 is 11.8 Å². The van der Waals surface area contributed by atoms with Crippen molar-refractivity contribution in [1.82, 2.24) is 4.90 Å². The summed E-state index contributed by atoms with van der Waals surface area (Å²) in [5, 5.41) is 0.200. The van der Waals surface area contributed by atoms with E-state index in [2.05, 4.69) is 77.7 Å². The molecule has 29 heavy (non-hydrogen) atoms. The van der Waals surface area contributed by atoms with Gasteiger partial charge >= 0.3 is 0 Å². The highest BCUT2D eigenvalue weighted by Crippen LogP contribution is 2.43. The zero-order chi connectivity index (χ0) is 19.9. The van der Waals surface area contributed by atoms with Crippen LogP contribution in [0.1, 0.15) is 16.4 Å². The molecule has 0 radical (unpaired) electrons. The fraction of sp³-hybridized carbons (Fsp3) is 0.280. The molecular weight excluding hydrogens is 378 g/mol. The molecule has 4 rings (SSSR count). The van der Waals surface area contributed by atoms with E-state index in [1.165, 1.54) is 11.1 Å². The van der Waals surface area contributed by atoms with E-state index in [9.17, 15) is 0 Å². The number of benzene rings is 3. The molecule has 1 aliphatic heterocycles. The molecule has 1 saturated heterocycles. The van der Waals surface area contributed by atoms with Gasteiger partial charge in [0.1, 0.15) is 5.75 Å². The van der Waals surface area contributed by atoms with Crippen LogP contribution in [-0.2, 0) is 11.3 Å². The van der Waals surface area contributed by atoms with Gasteiger partial charge in [0.05, 0.1) is 30.0 Å². The van der Waals surface area contributed by atoms with E-state index in [1.54, 1.807) is 7.11 Å². The van der Waals surface area contributed by atoms with Gasteiger partial charge in [0.2, 0.25) is 0 Å². The highest BCUT2D eigenvalue weighted by molar-refractivity contribution is 7.99. The van der Waals surface area contributed by atoms with Crippen molar-refractivity contribution in [3.63, 3.8) is 0 Å². The molecule has 0 spiro atoms. The number of thioether (sulfide) groups is 1. The van der Waals surface area contributed by atoms with Crippen LogP contribution in [-0.4, -0.2) is 37.8 Å². The van der Waals surface area contributed by atoms with Crippen molar-refractivity contribution in [3.05, 3.63) is 96.1 Å². The number of morpholine rings is 1. The second kappa shape index (κ2) is 9.97. The van der Waals surface area contributed by atoms with Gasteiger partial charge in [0.15, 0.2) is 0 Å². The molecular formula is C25H27NO2S. The topological polar surface area (TPSA) is 21.7 Å². The average Bonchev–Trinajstić information content (AvgIpc) is 2.79. The van der Waals surface area contributed by atoms with Crippen LogP contribution in [0.3, 0.4) is 0 Å². The second-order valence-corrected chi connectivity index (χ2v) is 8.41. The number of para-hydroxylation sites is 1. The molecule has 1 aliphatic rings. The van der Waals surface area contributed by atoms with E-state index in [4.69, 9.17) is 9.47 Å². The Morgan fingerprint density at radius 3 is 2.41 bits per heavy atom. The first-order valence-electron chi connectivity index (χ1n) is 10.1. The molecule has 1 heterocycles. The highest BCUT2D eigenvalue weighted by atomic mass is 32.2. The molecule has 0 aliphatic carbocycles. The summed E-state index contributed by atoms with van der Waals surface area (Å²) in [6.45, 7) is 3.59. The molecule has 0 amide bonds. The Balaban J connectivity index is 1.55. The number of ether oxygens (including phenoxy) is 2. The number of hydrogen-bond acceptors (Lipinski definition) is 4. The first-order chi connectivity index (χ1) is 14.3. The van der Waals surface area contributed by atoms with Crippen LogP contribution in [0.4, 0.5) is 0 Å². The van der Waals surface area contributed by atoms with Gasteiger partial charge in [-0.05, 0) is 23.3 Å². The maximum atomic E-state index is 6.30. The van der Waals surface area contributed by atoms with Gasteiger partial charge in [-0.2, -0.15) is 0 Å². The molecule has 3 nitrogen and oxygen atoms in total. The summed E-state index contributed by atoms with van der Waals surface area (Å²) in [5.41, 5.74) is 2.64. The monoisotopic (exact) mass is 405 g/mol. The van der Waals surface area contributed by atoms with E-state index in [0.29, 0.717) is 0 Å². The third-order valence-electron chi connectivity index (χ3n) is 5.22. The highest BCUT2D eigenvalue weighted by Gasteiger charge is 2.30. The Labute approximate surface area is 177 Å². The van der Waals surface area contributed by atoms with Gasteiger partial charge in [-0.15, -0.1) is 11.8 Å². The predicted octanol–water partition coefficient (Wildman–Crippen LogP) is 5.43. The van der Waals surface area contributed by atoms with Gasteiger partial charge in [-0.1, -0.05) is 72.8 Å². The Morgan fingerprint density at radius 2 is 1.66 bits per heavy atom. The van der Waals surface area contributed by atoms with Crippen molar-refractivity contribution in [3.8, 4) is 5.75 Å². The van der Waals surface area contributed by atoms with Crippen LogP contribution in [0, 0.1) is 0 Å². The van der Waals surface area contributed by atoms with Gasteiger partial charge in [-0.3, -0.25) is 4.90 Å². The van der Waals surface area contributed by atoms with Gasteiger partial charge in [0, 0.05) is 19.6 Å². The van der Waals surface area contributed by atoms with Crippen molar-refractivity contribution in [1.29, 1.82) is 0 Å². The summed E-state index contributed by atoms with van der Waals surface area (Å²) in [6, 6.07) is 29.6. The minimum absolute atomic E-state index is 0.116. The van der Waals surface area contributed by atoms with Crippen LogP contribution in [0.25, 0.3) is 0 Å². The molecule has 150 valence electrons. The fourth-order valence-corrected chi connectivity index (χ4v) is 5.06. The van der Waals surface area contributed by atoms with E-state index >= 15 is 0 Å². The Morgan fingerprint density at radius 1 is 0.966 bits per heavy atom. The predicted molar refractivity (Wildman–Crippen MR) is 119 cm³/mol. The fourth-order valence-electron chi connectivity index (χ4n) is 3.75. The van der Waals surface area contributed by atoms with E-state index in [1.807, 2.05) is 23.9 Å². The maximum Gasteiger partial charge on any atom is 0.132 e. The maximum absolute atomic E-state index is 6.30. The summed E-state index contributed by atoms with van der Waals surface area (Å²) >= 11 is 1.83. The van der Waals surface area contributed by atoms with E-state index < -0.39 is 0 Å². The lowest BCUT2D eigenvalue weighted by Gasteiger charge is -2.37. The van der Waals surface area contributed by atoms with E-state index in [0.717, 1.165) is 36.9 Å². The molecule has 0 N–H and O–H groups in total. The third-order valence-corrected chi connectivity index (χ3v) is 6.64. The van der Waals surface area contributed by atoms with Crippen molar-refractivity contribution < 1.29 is 9.47 Å². The SMILES string of the molecule is COc1ccccc1S[C@@H](c1ccccc1)[C@@H]1CN(Cc2ccccc2)CCO1. The van der Waals surface area contributed by atoms with Crippen molar-refractivity contribution in [2.75, 3.05) is 26.8 Å². The van der Waals surface area contributed by atoms with Gasteiger partial charge in [-0.25, -0.2) is 0 Å². The quantitative estimate of drug-likeness (QED) is 0.489. The van der Waals surface area contributed by atoms with Crippen molar-refractivity contribution in [2.45, 2.75) is 22.8 Å². The number of methoxy groups -OCH3 is 1. The first kappa shape index (κ1) is 20.0. The standard InChI is InChI=1S/C25H27NO2S/c1-27-22-14-8-9-15-24(22)29-25(21-12-6-3-7-13-21)23-19-26(16-17-28-23)18-20-10-4-2-5-11-20/h2-15,23,25H,16-19H2,1H3/t23-,25-/m0/s1. The summed E-state index contributed by atoms with van der Waals surface area (Å²) < 4.78 is 11.9. The minimum Gasteiger partial charge on any atom is -0.496 e. The van der Waals surface area contributed by atoms with Crippen LogP contribution in [0.2, 0.25) is 0 Å². The van der Waals surface area contributed by atoms with Crippen molar-refractivity contribution in [2.24, 2.45) is 0 Å². The smallest absolute Gasteiger partial charge is 0.132 e. The molecule has 0 saturated carbocycles. The average molecular weight is 406 g/mol. The number of nitrogens with zero attached hydrogens (tertiary/aromatic N) is 1. The Hall–Kier alpha value is -2.27. The van der Waals surface area contributed by atoms with Crippen LogP contribution in [0.15, 0.2) is 89.8 Å². The lowest BCUT2D eigenvalue weighted by Crippen LogP contribution is -2.44. The lowest BCUT2D eigenvalue weighted by molar-refractivity contribution is -0.0319. The molecule has 0 unspecified atom stereocenters.